The molecule has 2 nitrogen and oxygen atoms in total. The Morgan fingerprint density at radius 2 is 1.86 bits per heavy atom. The van der Waals surface area contributed by atoms with Gasteiger partial charge in [-0.05, 0) is 48.8 Å². The average molecular weight is 291 g/mol. The van der Waals surface area contributed by atoms with E-state index < -0.39 is 0 Å². The predicted molar refractivity (Wildman–Crippen MR) is 92.0 cm³/mol. The number of rotatable bonds is 8. The molecule has 2 atom stereocenters. The number of nitrogens with one attached hydrogen (secondary N) is 1. The van der Waals surface area contributed by atoms with Gasteiger partial charge in [-0.1, -0.05) is 52.8 Å². The van der Waals surface area contributed by atoms with Crippen molar-refractivity contribution in [3.05, 3.63) is 29.8 Å². The Balaban J connectivity index is 2.78. The van der Waals surface area contributed by atoms with Crippen LogP contribution in [0.5, 0.6) is 5.75 Å². The first kappa shape index (κ1) is 18.0. The van der Waals surface area contributed by atoms with Gasteiger partial charge in [-0.25, -0.2) is 0 Å². The fourth-order valence-electron chi connectivity index (χ4n) is 2.50. The Morgan fingerprint density at radius 1 is 1.19 bits per heavy atom. The third kappa shape index (κ3) is 6.09. The zero-order valence-electron chi connectivity index (χ0n) is 14.7. The van der Waals surface area contributed by atoms with E-state index in [4.69, 9.17) is 4.74 Å². The molecule has 0 aliphatic heterocycles. The predicted octanol–water partition coefficient (Wildman–Crippen LogP) is 4.68. The van der Waals surface area contributed by atoms with E-state index in [1.54, 1.807) is 7.11 Å². The molecule has 120 valence electrons. The minimum atomic E-state index is 0.354. The highest BCUT2D eigenvalue weighted by Crippen LogP contribution is 2.30. The molecule has 0 aromatic heterocycles. The second-order valence-electron chi connectivity index (χ2n) is 7.17. The summed E-state index contributed by atoms with van der Waals surface area (Å²) < 4.78 is 5.50. The van der Waals surface area contributed by atoms with Gasteiger partial charge in [0.15, 0.2) is 0 Å². The standard InChI is InChI=1S/C19H33NO/c1-7-12-20-17(13-15(2)19(3,4)5)14-16-10-8-9-11-18(16)21-6/h8-11,15,17,20H,7,12-14H2,1-6H3. The summed E-state index contributed by atoms with van der Waals surface area (Å²) in [5.41, 5.74) is 1.65. The summed E-state index contributed by atoms with van der Waals surface area (Å²) in [6.07, 6.45) is 3.40. The molecule has 1 aromatic carbocycles. The van der Waals surface area contributed by atoms with Gasteiger partial charge >= 0.3 is 0 Å². The molecule has 0 aliphatic carbocycles. The maximum Gasteiger partial charge on any atom is 0.122 e. The van der Waals surface area contributed by atoms with Crippen LogP contribution in [0.3, 0.4) is 0 Å². The fourth-order valence-corrected chi connectivity index (χ4v) is 2.50. The lowest BCUT2D eigenvalue weighted by Crippen LogP contribution is -2.36. The summed E-state index contributed by atoms with van der Waals surface area (Å²) in [4.78, 5) is 0. The Morgan fingerprint density at radius 3 is 2.43 bits per heavy atom. The summed E-state index contributed by atoms with van der Waals surface area (Å²) >= 11 is 0. The Bertz CT molecular complexity index is 408. The summed E-state index contributed by atoms with van der Waals surface area (Å²) in [7, 11) is 1.76. The van der Waals surface area contributed by atoms with E-state index >= 15 is 0 Å². The minimum Gasteiger partial charge on any atom is -0.496 e. The molecular formula is C19H33NO. The molecule has 0 heterocycles. The van der Waals surface area contributed by atoms with Crippen LogP contribution < -0.4 is 10.1 Å². The van der Waals surface area contributed by atoms with Crippen LogP contribution in [0, 0.1) is 11.3 Å². The number of hydrogen-bond acceptors (Lipinski definition) is 2. The van der Waals surface area contributed by atoms with E-state index in [9.17, 15) is 0 Å². The zero-order chi connectivity index (χ0) is 15.9. The summed E-state index contributed by atoms with van der Waals surface area (Å²) in [5.74, 6) is 1.69. The van der Waals surface area contributed by atoms with Crippen molar-refractivity contribution in [3.8, 4) is 5.75 Å². The number of para-hydroxylation sites is 1. The first-order valence-corrected chi connectivity index (χ1v) is 8.23. The molecule has 2 heteroatoms. The van der Waals surface area contributed by atoms with Gasteiger partial charge in [-0.2, -0.15) is 0 Å². The zero-order valence-corrected chi connectivity index (χ0v) is 14.7. The quantitative estimate of drug-likeness (QED) is 0.751. The molecule has 0 aliphatic rings. The van der Waals surface area contributed by atoms with Crippen molar-refractivity contribution >= 4 is 0 Å². The SMILES string of the molecule is CCCNC(Cc1ccccc1OC)CC(C)C(C)(C)C. The molecule has 0 fully saturated rings. The Kier molecular flexibility index (Phi) is 7.24. The van der Waals surface area contributed by atoms with Gasteiger partial charge in [0.2, 0.25) is 0 Å². The molecule has 1 N–H and O–H groups in total. The number of ether oxygens (including phenoxy) is 1. The van der Waals surface area contributed by atoms with E-state index in [0.717, 1.165) is 18.7 Å². The van der Waals surface area contributed by atoms with Crippen molar-refractivity contribution in [2.75, 3.05) is 13.7 Å². The lowest BCUT2D eigenvalue weighted by atomic mass is 9.77. The van der Waals surface area contributed by atoms with Crippen LogP contribution in [-0.2, 0) is 6.42 Å². The van der Waals surface area contributed by atoms with Crippen molar-refractivity contribution in [2.45, 2.75) is 59.9 Å². The van der Waals surface area contributed by atoms with Crippen molar-refractivity contribution in [1.29, 1.82) is 0 Å². The minimum absolute atomic E-state index is 0.354. The smallest absolute Gasteiger partial charge is 0.122 e. The molecular weight excluding hydrogens is 258 g/mol. The summed E-state index contributed by atoms with van der Waals surface area (Å²) in [6, 6.07) is 8.88. The highest BCUT2D eigenvalue weighted by molar-refractivity contribution is 5.33. The second kappa shape index (κ2) is 8.43. The first-order chi connectivity index (χ1) is 9.88. The van der Waals surface area contributed by atoms with E-state index in [1.165, 1.54) is 18.4 Å². The van der Waals surface area contributed by atoms with Crippen LogP contribution in [0.15, 0.2) is 24.3 Å². The lowest BCUT2D eigenvalue weighted by Gasteiger charge is -2.31. The van der Waals surface area contributed by atoms with E-state index in [1.807, 2.05) is 6.07 Å². The molecule has 21 heavy (non-hydrogen) atoms. The number of benzene rings is 1. The van der Waals surface area contributed by atoms with E-state index in [2.05, 4.69) is 58.1 Å². The molecule has 2 unspecified atom stereocenters. The van der Waals surface area contributed by atoms with Gasteiger partial charge in [-0.3, -0.25) is 0 Å². The largest absolute Gasteiger partial charge is 0.496 e. The molecule has 0 saturated heterocycles. The highest BCUT2D eigenvalue weighted by atomic mass is 16.5. The molecule has 0 saturated carbocycles. The van der Waals surface area contributed by atoms with Gasteiger partial charge in [0.05, 0.1) is 7.11 Å². The molecule has 0 amide bonds. The van der Waals surface area contributed by atoms with Crippen LogP contribution in [0.2, 0.25) is 0 Å². The van der Waals surface area contributed by atoms with Gasteiger partial charge in [-0.15, -0.1) is 0 Å². The highest BCUT2D eigenvalue weighted by Gasteiger charge is 2.24. The van der Waals surface area contributed by atoms with Crippen molar-refractivity contribution in [1.82, 2.24) is 5.32 Å². The van der Waals surface area contributed by atoms with Crippen molar-refractivity contribution in [2.24, 2.45) is 11.3 Å². The summed E-state index contributed by atoms with van der Waals surface area (Å²) in [6.45, 7) is 12.7. The number of methoxy groups -OCH3 is 1. The van der Waals surface area contributed by atoms with Crippen LogP contribution in [-0.4, -0.2) is 19.7 Å². The fraction of sp³-hybridized carbons (Fsp3) is 0.684. The third-order valence-electron chi connectivity index (χ3n) is 4.46. The maximum absolute atomic E-state index is 5.50. The number of hydrogen-bond donors (Lipinski definition) is 1. The normalized spacial score (nSPS) is 14.8. The molecule has 0 spiro atoms. The molecule has 0 radical (unpaired) electrons. The van der Waals surface area contributed by atoms with Gasteiger partial charge in [0.25, 0.3) is 0 Å². The monoisotopic (exact) mass is 291 g/mol. The van der Waals surface area contributed by atoms with E-state index in [-0.39, 0.29) is 0 Å². The lowest BCUT2D eigenvalue weighted by molar-refractivity contribution is 0.221. The average Bonchev–Trinajstić information content (AvgIpc) is 2.44. The van der Waals surface area contributed by atoms with Crippen LogP contribution in [0.25, 0.3) is 0 Å². The maximum atomic E-state index is 5.50. The Labute approximate surface area is 131 Å². The topological polar surface area (TPSA) is 21.3 Å². The van der Waals surface area contributed by atoms with Crippen LogP contribution in [0.4, 0.5) is 0 Å². The molecule has 0 bridgehead atoms. The Hall–Kier alpha value is -1.02. The van der Waals surface area contributed by atoms with Gasteiger partial charge < -0.3 is 10.1 Å². The van der Waals surface area contributed by atoms with Crippen LogP contribution in [0.1, 0.15) is 53.0 Å². The second-order valence-corrected chi connectivity index (χ2v) is 7.17. The summed E-state index contributed by atoms with van der Waals surface area (Å²) in [5, 5.41) is 3.72. The molecule has 1 aromatic rings. The van der Waals surface area contributed by atoms with Crippen molar-refractivity contribution < 1.29 is 4.74 Å². The molecule has 1 rings (SSSR count). The van der Waals surface area contributed by atoms with Gasteiger partial charge in [0.1, 0.15) is 5.75 Å². The first-order valence-electron chi connectivity index (χ1n) is 8.23. The van der Waals surface area contributed by atoms with Gasteiger partial charge in [0, 0.05) is 6.04 Å². The van der Waals surface area contributed by atoms with Crippen LogP contribution >= 0.6 is 0 Å². The third-order valence-corrected chi connectivity index (χ3v) is 4.46. The van der Waals surface area contributed by atoms with Crippen molar-refractivity contribution in [3.63, 3.8) is 0 Å². The van der Waals surface area contributed by atoms with E-state index in [0.29, 0.717) is 17.4 Å².